The topological polar surface area (TPSA) is 29.5 Å². The molecule has 0 bridgehead atoms. The SMILES string of the molecule is COc1cc(-c2ccccc2C2CC3C(C)=CC=C(C)C3C2)c(O)c(C(C)(C)C)c1. The number of aromatic hydroxyl groups is 1. The van der Waals surface area contributed by atoms with Crippen molar-refractivity contribution in [2.45, 2.75) is 58.8 Å². The number of phenolic OH excluding ortho intramolecular Hbond substituents is 1. The minimum atomic E-state index is -0.172. The quantitative estimate of drug-likeness (QED) is 0.580. The molecule has 1 fully saturated rings. The van der Waals surface area contributed by atoms with Crippen molar-refractivity contribution in [3.63, 3.8) is 0 Å². The zero-order valence-electron chi connectivity index (χ0n) is 19.1. The molecule has 2 aromatic rings. The first-order valence-electron chi connectivity index (χ1n) is 11.1. The summed E-state index contributed by atoms with van der Waals surface area (Å²) in [5, 5.41) is 11.3. The maximum atomic E-state index is 11.3. The molecular weight excluding hydrogens is 368 g/mol. The molecule has 2 aromatic carbocycles. The number of benzene rings is 2. The van der Waals surface area contributed by atoms with Crippen LogP contribution >= 0.6 is 0 Å². The molecule has 1 N–H and O–H groups in total. The summed E-state index contributed by atoms with van der Waals surface area (Å²) < 4.78 is 5.61. The zero-order valence-corrected chi connectivity index (χ0v) is 19.1. The van der Waals surface area contributed by atoms with Crippen LogP contribution in [0, 0.1) is 11.8 Å². The summed E-state index contributed by atoms with van der Waals surface area (Å²) in [5.41, 5.74) is 7.11. The average molecular weight is 403 g/mol. The monoisotopic (exact) mass is 402 g/mol. The predicted molar refractivity (Wildman–Crippen MR) is 125 cm³/mol. The van der Waals surface area contributed by atoms with Gasteiger partial charge in [0, 0.05) is 11.1 Å². The molecule has 2 atom stereocenters. The van der Waals surface area contributed by atoms with Crippen LogP contribution in [0.5, 0.6) is 11.5 Å². The van der Waals surface area contributed by atoms with Gasteiger partial charge in [-0.3, -0.25) is 0 Å². The van der Waals surface area contributed by atoms with Gasteiger partial charge in [-0.15, -0.1) is 0 Å². The third-order valence-electron chi connectivity index (χ3n) is 7.16. The van der Waals surface area contributed by atoms with Crippen LogP contribution in [-0.2, 0) is 5.41 Å². The summed E-state index contributed by atoms with van der Waals surface area (Å²) >= 11 is 0. The smallest absolute Gasteiger partial charge is 0.127 e. The van der Waals surface area contributed by atoms with Gasteiger partial charge in [-0.1, -0.05) is 68.3 Å². The maximum absolute atomic E-state index is 11.3. The second kappa shape index (κ2) is 7.65. The fourth-order valence-electron chi connectivity index (χ4n) is 5.41. The van der Waals surface area contributed by atoms with E-state index in [0.29, 0.717) is 23.5 Å². The van der Waals surface area contributed by atoms with Crippen LogP contribution < -0.4 is 4.74 Å². The van der Waals surface area contributed by atoms with Gasteiger partial charge in [0.1, 0.15) is 11.5 Å². The second-order valence-corrected chi connectivity index (χ2v) is 10.1. The number of ether oxygens (including phenoxy) is 1. The Labute approximate surface area is 181 Å². The van der Waals surface area contributed by atoms with Crippen molar-refractivity contribution in [1.29, 1.82) is 0 Å². The fourth-order valence-corrected chi connectivity index (χ4v) is 5.41. The predicted octanol–water partition coefficient (Wildman–Crippen LogP) is 7.38. The molecule has 0 amide bonds. The summed E-state index contributed by atoms with van der Waals surface area (Å²) in [6, 6.07) is 12.6. The van der Waals surface area contributed by atoms with Gasteiger partial charge >= 0.3 is 0 Å². The van der Waals surface area contributed by atoms with E-state index < -0.39 is 0 Å². The highest BCUT2D eigenvalue weighted by Gasteiger charge is 2.38. The molecule has 2 heteroatoms. The fraction of sp³-hybridized carbons (Fsp3) is 0.429. The number of fused-ring (bicyclic) bond motifs is 1. The van der Waals surface area contributed by atoms with Crippen molar-refractivity contribution < 1.29 is 9.84 Å². The Bertz CT molecular complexity index is 993. The maximum Gasteiger partial charge on any atom is 0.127 e. The Morgan fingerprint density at radius 1 is 0.900 bits per heavy atom. The molecule has 4 rings (SSSR count). The van der Waals surface area contributed by atoms with E-state index in [0.717, 1.165) is 22.4 Å². The highest BCUT2D eigenvalue weighted by Crippen LogP contribution is 2.52. The van der Waals surface area contributed by atoms with Crippen molar-refractivity contribution >= 4 is 0 Å². The van der Waals surface area contributed by atoms with Gasteiger partial charge in [0.15, 0.2) is 0 Å². The molecule has 1 saturated carbocycles. The van der Waals surface area contributed by atoms with E-state index in [2.05, 4.69) is 71.0 Å². The summed E-state index contributed by atoms with van der Waals surface area (Å²) in [7, 11) is 1.69. The first-order chi connectivity index (χ1) is 14.2. The van der Waals surface area contributed by atoms with Crippen LogP contribution in [0.15, 0.2) is 59.7 Å². The van der Waals surface area contributed by atoms with E-state index in [1.807, 2.05) is 12.1 Å². The van der Waals surface area contributed by atoms with Gasteiger partial charge in [0.2, 0.25) is 0 Å². The van der Waals surface area contributed by atoms with E-state index in [-0.39, 0.29) is 5.41 Å². The molecule has 0 aromatic heterocycles. The molecule has 2 unspecified atom stereocenters. The molecule has 2 nitrogen and oxygen atoms in total. The van der Waals surface area contributed by atoms with Crippen LogP contribution in [0.4, 0.5) is 0 Å². The summed E-state index contributed by atoms with van der Waals surface area (Å²) in [6.07, 6.45) is 6.95. The Morgan fingerprint density at radius 2 is 1.50 bits per heavy atom. The number of rotatable bonds is 3. The molecule has 0 heterocycles. The Hall–Kier alpha value is -2.48. The van der Waals surface area contributed by atoms with E-state index in [9.17, 15) is 5.11 Å². The number of hydrogen-bond donors (Lipinski definition) is 1. The Morgan fingerprint density at radius 3 is 2.07 bits per heavy atom. The van der Waals surface area contributed by atoms with Crippen LogP contribution in [0.25, 0.3) is 11.1 Å². The minimum Gasteiger partial charge on any atom is -0.507 e. The molecule has 2 aliphatic rings. The molecule has 158 valence electrons. The third kappa shape index (κ3) is 3.57. The van der Waals surface area contributed by atoms with E-state index in [4.69, 9.17) is 4.74 Å². The van der Waals surface area contributed by atoms with E-state index in [1.165, 1.54) is 29.6 Å². The summed E-state index contributed by atoms with van der Waals surface area (Å²) in [5.74, 6) is 2.93. The van der Waals surface area contributed by atoms with Gasteiger partial charge in [0.25, 0.3) is 0 Å². The molecule has 0 spiro atoms. The van der Waals surface area contributed by atoms with Crippen molar-refractivity contribution in [2.24, 2.45) is 11.8 Å². The lowest BCUT2D eigenvalue weighted by atomic mass is 9.81. The molecule has 2 aliphatic carbocycles. The molecule has 0 saturated heterocycles. The first kappa shape index (κ1) is 20.8. The third-order valence-corrected chi connectivity index (χ3v) is 7.16. The van der Waals surface area contributed by atoms with Gasteiger partial charge in [-0.25, -0.2) is 0 Å². The van der Waals surface area contributed by atoms with Gasteiger partial charge in [0.05, 0.1) is 7.11 Å². The van der Waals surface area contributed by atoms with Crippen LogP contribution in [0.3, 0.4) is 0 Å². The zero-order chi connectivity index (χ0) is 21.6. The molecule has 30 heavy (non-hydrogen) atoms. The van der Waals surface area contributed by atoms with Crippen LogP contribution in [0.2, 0.25) is 0 Å². The standard InChI is InChI=1S/C28H34O2/c1-17-11-12-18(2)24-14-19(13-23(17)24)21-9-7-8-10-22(21)25-15-20(30-6)16-26(27(25)29)28(3,4)5/h7-12,15-16,19,23-24,29H,13-14H2,1-6H3. The lowest BCUT2D eigenvalue weighted by molar-refractivity contribution is 0.406. The lowest BCUT2D eigenvalue weighted by Crippen LogP contribution is -2.13. The number of allylic oxidation sites excluding steroid dienone is 4. The van der Waals surface area contributed by atoms with E-state index in [1.54, 1.807) is 7.11 Å². The van der Waals surface area contributed by atoms with Crippen LogP contribution in [0.1, 0.15) is 64.5 Å². The first-order valence-corrected chi connectivity index (χ1v) is 11.1. The molecule has 0 radical (unpaired) electrons. The largest absolute Gasteiger partial charge is 0.507 e. The number of methoxy groups -OCH3 is 1. The lowest BCUT2D eigenvalue weighted by Gasteiger charge is -2.24. The average Bonchev–Trinajstić information content (AvgIpc) is 3.17. The number of hydrogen-bond acceptors (Lipinski definition) is 2. The van der Waals surface area contributed by atoms with Crippen molar-refractivity contribution in [3.05, 3.63) is 70.8 Å². The molecular formula is C28H34O2. The van der Waals surface area contributed by atoms with Gasteiger partial charge < -0.3 is 9.84 Å². The highest BCUT2D eigenvalue weighted by atomic mass is 16.5. The normalized spacial score (nSPS) is 23.6. The summed E-state index contributed by atoms with van der Waals surface area (Å²) in [6.45, 7) is 10.9. The van der Waals surface area contributed by atoms with Crippen LogP contribution in [-0.4, -0.2) is 12.2 Å². The van der Waals surface area contributed by atoms with Gasteiger partial charge in [-0.2, -0.15) is 0 Å². The van der Waals surface area contributed by atoms with Gasteiger partial charge in [-0.05, 0) is 73.1 Å². The highest BCUT2D eigenvalue weighted by molar-refractivity contribution is 5.77. The molecule has 0 aliphatic heterocycles. The minimum absolute atomic E-state index is 0.172. The van der Waals surface area contributed by atoms with E-state index >= 15 is 0 Å². The van der Waals surface area contributed by atoms with Crippen molar-refractivity contribution in [1.82, 2.24) is 0 Å². The van der Waals surface area contributed by atoms with Crippen molar-refractivity contribution in [3.8, 4) is 22.6 Å². The second-order valence-electron chi connectivity index (χ2n) is 10.1. The summed E-state index contributed by atoms with van der Waals surface area (Å²) in [4.78, 5) is 0. The number of phenols is 1. The Balaban J connectivity index is 1.81. The van der Waals surface area contributed by atoms with Crippen molar-refractivity contribution in [2.75, 3.05) is 7.11 Å². The Kier molecular flexibility index (Phi) is 5.30.